The third kappa shape index (κ3) is 2.50. The molecule has 0 fully saturated rings. The number of halogens is 3. The summed E-state index contributed by atoms with van der Waals surface area (Å²) in [6.45, 7) is 0. The van der Waals surface area contributed by atoms with Gasteiger partial charge in [-0.15, -0.1) is 11.6 Å². The zero-order valence-electron chi connectivity index (χ0n) is 8.71. The van der Waals surface area contributed by atoms with Crippen molar-refractivity contribution in [2.24, 2.45) is 0 Å². The van der Waals surface area contributed by atoms with Crippen LogP contribution in [-0.2, 0) is 10.6 Å². The Balaban J connectivity index is 3.57. The van der Waals surface area contributed by atoms with E-state index in [-0.39, 0.29) is 17.1 Å². The van der Waals surface area contributed by atoms with E-state index >= 15 is 0 Å². The van der Waals surface area contributed by atoms with E-state index in [1.807, 2.05) is 0 Å². The van der Waals surface area contributed by atoms with Crippen LogP contribution in [0.4, 0.5) is 8.78 Å². The molecule has 7 heteroatoms. The number of rotatable bonds is 3. The fourth-order valence-corrected chi connectivity index (χ4v) is 1.48. The zero-order valence-corrected chi connectivity index (χ0v) is 9.46. The number of hydrogen-bond acceptors (Lipinski definition) is 4. The molecular formula is C10H7ClF2N2O2. The van der Waals surface area contributed by atoms with Gasteiger partial charge in [0.2, 0.25) is 0 Å². The minimum absolute atomic E-state index is 0.0685. The van der Waals surface area contributed by atoms with E-state index in [0.717, 1.165) is 13.3 Å². The van der Waals surface area contributed by atoms with Crippen molar-refractivity contribution >= 4 is 17.6 Å². The van der Waals surface area contributed by atoms with Crippen LogP contribution in [0.5, 0.6) is 0 Å². The summed E-state index contributed by atoms with van der Waals surface area (Å²) < 4.78 is 29.7. The van der Waals surface area contributed by atoms with Crippen LogP contribution in [0.2, 0.25) is 0 Å². The number of nitrogens with zero attached hydrogens (tertiary/aromatic N) is 2. The van der Waals surface area contributed by atoms with Gasteiger partial charge < -0.3 is 4.74 Å². The monoisotopic (exact) mass is 260 g/mol. The molecule has 90 valence electrons. The van der Waals surface area contributed by atoms with Gasteiger partial charge in [-0.3, -0.25) is 4.98 Å². The van der Waals surface area contributed by atoms with Crippen molar-refractivity contribution in [2.45, 2.75) is 12.3 Å². The van der Waals surface area contributed by atoms with Gasteiger partial charge in [0.05, 0.1) is 35.4 Å². The molecule has 4 nitrogen and oxygen atoms in total. The van der Waals surface area contributed by atoms with Gasteiger partial charge in [0.15, 0.2) is 0 Å². The molecule has 0 atom stereocenters. The van der Waals surface area contributed by atoms with Crippen LogP contribution in [0.15, 0.2) is 6.20 Å². The van der Waals surface area contributed by atoms with E-state index in [1.165, 1.54) is 0 Å². The van der Waals surface area contributed by atoms with Crippen molar-refractivity contribution in [3.63, 3.8) is 0 Å². The Labute approximate surface area is 101 Å². The first-order valence-electron chi connectivity index (χ1n) is 4.41. The molecule has 0 saturated carbocycles. The van der Waals surface area contributed by atoms with E-state index in [9.17, 15) is 13.6 Å². The normalized spacial score (nSPS) is 10.1. The summed E-state index contributed by atoms with van der Waals surface area (Å²) in [4.78, 5) is 15.0. The minimum Gasteiger partial charge on any atom is -0.465 e. The van der Waals surface area contributed by atoms with Gasteiger partial charge in [0.1, 0.15) is 6.07 Å². The number of pyridine rings is 1. The number of carbonyl (C=O) groups excluding carboxylic acids is 1. The van der Waals surface area contributed by atoms with E-state index in [2.05, 4.69) is 9.72 Å². The van der Waals surface area contributed by atoms with Gasteiger partial charge in [-0.2, -0.15) is 5.26 Å². The summed E-state index contributed by atoms with van der Waals surface area (Å²) in [6, 6.07) is 1.64. The molecule has 0 radical (unpaired) electrons. The first-order valence-corrected chi connectivity index (χ1v) is 4.94. The molecule has 0 spiro atoms. The van der Waals surface area contributed by atoms with Crippen LogP contribution >= 0.6 is 11.6 Å². The second-order valence-electron chi connectivity index (χ2n) is 2.95. The topological polar surface area (TPSA) is 63.0 Å². The van der Waals surface area contributed by atoms with Crippen molar-refractivity contribution in [1.29, 1.82) is 5.26 Å². The van der Waals surface area contributed by atoms with Crippen molar-refractivity contribution < 1.29 is 18.3 Å². The molecule has 1 aromatic rings. The molecule has 1 rings (SSSR count). The van der Waals surface area contributed by atoms with Crippen molar-refractivity contribution in [2.75, 3.05) is 7.11 Å². The SMILES string of the molecule is COC(=O)c1c(C(F)F)cnc(CCl)c1C#N. The molecular weight excluding hydrogens is 254 g/mol. The molecule has 0 aliphatic rings. The molecule has 0 N–H and O–H groups in total. The van der Waals surface area contributed by atoms with E-state index in [4.69, 9.17) is 16.9 Å². The predicted octanol–water partition coefficient (Wildman–Crippen LogP) is 2.42. The molecule has 0 aliphatic carbocycles. The quantitative estimate of drug-likeness (QED) is 0.618. The maximum absolute atomic E-state index is 12.7. The lowest BCUT2D eigenvalue weighted by molar-refractivity contribution is 0.0588. The molecule has 0 aromatic carbocycles. The summed E-state index contributed by atoms with van der Waals surface area (Å²) in [5, 5.41) is 8.88. The lowest BCUT2D eigenvalue weighted by Gasteiger charge is -2.10. The Bertz CT molecular complexity index is 486. The Morgan fingerprint density at radius 3 is 2.76 bits per heavy atom. The molecule has 0 amide bonds. The van der Waals surface area contributed by atoms with Gasteiger partial charge in [-0.05, 0) is 0 Å². The first-order chi connectivity index (χ1) is 8.06. The van der Waals surface area contributed by atoms with E-state index in [0.29, 0.717) is 0 Å². The second-order valence-corrected chi connectivity index (χ2v) is 3.22. The van der Waals surface area contributed by atoms with Crippen molar-refractivity contribution in [3.05, 3.63) is 28.6 Å². The number of nitriles is 1. The Morgan fingerprint density at radius 2 is 2.35 bits per heavy atom. The second kappa shape index (κ2) is 5.55. The summed E-state index contributed by atoms with van der Waals surface area (Å²) in [7, 11) is 1.04. The van der Waals surface area contributed by atoms with Crippen LogP contribution in [0, 0.1) is 11.3 Å². The fraction of sp³-hybridized carbons (Fsp3) is 0.300. The summed E-state index contributed by atoms with van der Waals surface area (Å²) in [5.74, 6) is -1.17. The third-order valence-corrected chi connectivity index (χ3v) is 2.30. The van der Waals surface area contributed by atoms with Gasteiger partial charge in [0, 0.05) is 6.20 Å². The van der Waals surface area contributed by atoms with Gasteiger partial charge >= 0.3 is 5.97 Å². The highest BCUT2D eigenvalue weighted by molar-refractivity contribution is 6.17. The molecule has 1 heterocycles. The average Bonchev–Trinajstić information content (AvgIpc) is 2.35. The number of esters is 1. The molecule has 1 aromatic heterocycles. The molecule has 0 saturated heterocycles. The highest BCUT2D eigenvalue weighted by Gasteiger charge is 2.25. The number of methoxy groups -OCH3 is 1. The Kier molecular flexibility index (Phi) is 4.35. The van der Waals surface area contributed by atoms with Gasteiger partial charge in [0.25, 0.3) is 6.43 Å². The van der Waals surface area contributed by atoms with Crippen LogP contribution < -0.4 is 0 Å². The number of hydrogen-bond donors (Lipinski definition) is 0. The summed E-state index contributed by atoms with van der Waals surface area (Å²) in [5.41, 5.74) is -1.32. The third-order valence-electron chi connectivity index (χ3n) is 2.05. The smallest absolute Gasteiger partial charge is 0.339 e. The number of alkyl halides is 3. The summed E-state index contributed by atoms with van der Waals surface area (Å²) >= 11 is 5.51. The zero-order chi connectivity index (χ0) is 13.0. The number of ether oxygens (including phenoxy) is 1. The van der Waals surface area contributed by atoms with Crippen molar-refractivity contribution in [1.82, 2.24) is 4.98 Å². The Hall–Kier alpha value is -1.74. The molecule has 0 aliphatic heterocycles. The predicted molar refractivity (Wildman–Crippen MR) is 54.8 cm³/mol. The maximum Gasteiger partial charge on any atom is 0.339 e. The average molecular weight is 261 g/mol. The maximum atomic E-state index is 12.7. The van der Waals surface area contributed by atoms with Crippen LogP contribution in [0.25, 0.3) is 0 Å². The first kappa shape index (κ1) is 13.3. The largest absolute Gasteiger partial charge is 0.465 e. The number of carbonyl (C=O) groups is 1. The molecule has 0 bridgehead atoms. The lowest BCUT2D eigenvalue weighted by Crippen LogP contribution is -2.12. The molecule has 17 heavy (non-hydrogen) atoms. The Morgan fingerprint density at radius 1 is 1.71 bits per heavy atom. The van der Waals surface area contributed by atoms with E-state index < -0.39 is 23.5 Å². The van der Waals surface area contributed by atoms with Crippen LogP contribution in [0.1, 0.15) is 33.6 Å². The van der Waals surface area contributed by atoms with Gasteiger partial charge in [-0.25, -0.2) is 13.6 Å². The summed E-state index contributed by atoms with van der Waals surface area (Å²) in [6.07, 6.45) is -2.09. The van der Waals surface area contributed by atoms with Crippen LogP contribution in [0.3, 0.4) is 0 Å². The lowest BCUT2D eigenvalue weighted by atomic mass is 10.0. The number of aromatic nitrogens is 1. The highest BCUT2D eigenvalue weighted by atomic mass is 35.5. The van der Waals surface area contributed by atoms with Crippen LogP contribution in [-0.4, -0.2) is 18.1 Å². The highest BCUT2D eigenvalue weighted by Crippen LogP contribution is 2.27. The van der Waals surface area contributed by atoms with Crippen molar-refractivity contribution in [3.8, 4) is 6.07 Å². The standard InChI is InChI=1S/C10H7ClF2N2O2/c1-17-10(16)8-5(3-14)7(2-11)15-4-6(8)9(12)13/h4,9H,2H2,1H3. The minimum atomic E-state index is -2.92. The fourth-order valence-electron chi connectivity index (χ4n) is 1.27. The van der Waals surface area contributed by atoms with Gasteiger partial charge in [-0.1, -0.05) is 0 Å². The van der Waals surface area contributed by atoms with E-state index in [1.54, 1.807) is 6.07 Å². The molecule has 0 unspecified atom stereocenters.